The standard InChI is InChI=1S/C20H27N5O2/c1-23-14-16(13-22-23)6-7-19(26)25-12-8-17(15-25)27-18-5-4-9-21-20(18)24-10-2-3-11-24/h4-5,9,13-14,17H,2-3,6-8,10-12,15H2,1H3/t17-/m0/s1. The lowest BCUT2D eigenvalue weighted by Gasteiger charge is -2.22. The van der Waals surface area contributed by atoms with Crippen LogP contribution in [0.4, 0.5) is 5.82 Å². The molecule has 7 heteroatoms. The molecular formula is C20H27N5O2. The molecule has 7 nitrogen and oxygen atoms in total. The number of carbonyl (C=O) groups is 1. The summed E-state index contributed by atoms with van der Waals surface area (Å²) in [6, 6.07) is 3.91. The van der Waals surface area contributed by atoms with Gasteiger partial charge in [-0.15, -0.1) is 0 Å². The summed E-state index contributed by atoms with van der Waals surface area (Å²) in [6.07, 6.45) is 10.2. The number of hydrogen-bond acceptors (Lipinski definition) is 5. The minimum absolute atomic E-state index is 0.0397. The topological polar surface area (TPSA) is 63.5 Å². The van der Waals surface area contributed by atoms with Crippen molar-refractivity contribution < 1.29 is 9.53 Å². The Morgan fingerprint density at radius 3 is 2.93 bits per heavy atom. The minimum Gasteiger partial charge on any atom is -0.485 e. The Labute approximate surface area is 159 Å². The maximum absolute atomic E-state index is 12.5. The van der Waals surface area contributed by atoms with Gasteiger partial charge in [-0.2, -0.15) is 5.10 Å². The first-order valence-corrected chi connectivity index (χ1v) is 9.81. The van der Waals surface area contributed by atoms with Gasteiger partial charge in [0.25, 0.3) is 0 Å². The molecule has 1 atom stereocenters. The third kappa shape index (κ3) is 4.23. The molecule has 0 aromatic carbocycles. The Balaban J connectivity index is 1.31. The van der Waals surface area contributed by atoms with Crippen LogP contribution in [-0.2, 0) is 18.3 Å². The highest BCUT2D eigenvalue weighted by Gasteiger charge is 2.29. The number of pyridine rings is 1. The molecule has 0 radical (unpaired) electrons. The average Bonchev–Trinajstić information content (AvgIpc) is 3.42. The molecule has 0 spiro atoms. The van der Waals surface area contributed by atoms with E-state index < -0.39 is 0 Å². The molecule has 2 fully saturated rings. The molecule has 27 heavy (non-hydrogen) atoms. The largest absolute Gasteiger partial charge is 0.485 e. The molecular weight excluding hydrogens is 342 g/mol. The van der Waals surface area contributed by atoms with Crippen LogP contribution in [-0.4, -0.2) is 57.9 Å². The van der Waals surface area contributed by atoms with Gasteiger partial charge in [0.15, 0.2) is 11.6 Å². The minimum atomic E-state index is 0.0397. The van der Waals surface area contributed by atoms with Crippen LogP contribution in [0.15, 0.2) is 30.7 Å². The van der Waals surface area contributed by atoms with E-state index in [1.807, 2.05) is 42.7 Å². The van der Waals surface area contributed by atoms with Crippen LogP contribution < -0.4 is 9.64 Å². The van der Waals surface area contributed by atoms with Gasteiger partial charge in [0.2, 0.25) is 5.91 Å². The molecule has 2 aromatic heterocycles. The van der Waals surface area contributed by atoms with Crippen LogP contribution in [0.1, 0.15) is 31.2 Å². The molecule has 2 aliphatic rings. The lowest BCUT2D eigenvalue weighted by atomic mass is 10.2. The summed E-state index contributed by atoms with van der Waals surface area (Å²) in [5.74, 6) is 1.97. The lowest BCUT2D eigenvalue weighted by molar-refractivity contribution is -0.130. The summed E-state index contributed by atoms with van der Waals surface area (Å²) in [4.78, 5) is 21.3. The Morgan fingerprint density at radius 1 is 1.30 bits per heavy atom. The van der Waals surface area contributed by atoms with Crippen molar-refractivity contribution >= 4 is 11.7 Å². The molecule has 0 saturated carbocycles. The number of nitrogens with zero attached hydrogens (tertiary/aromatic N) is 5. The van der Waals surface area contributed by atoms with Crippen molar-refractivity contribution in [1.82, 2.24) is 19.7 Å². The predicted octanol–water partition coefficient (Wildman–Crippen LogP) is 2.03. The van der Waals surface area contributed by atoms with Gasteiger partial charge in [0, 0.05) is 51.9 Å². The van der Waals surface area contributed by atoms with Crippen LogP contribution in [0.5, 0.6) is 5.75 Å². The smallest absolute Gasteiger partial charge is 0.223 e. The molecule has 0 N–H and O–H groups in total. The number of hydrogen-bond donors (Lipinski definition) is 0. The maximum Gasteiger partial charge on any atom is 0.223 e. The van der Waals surface area contributed by atoms with E-state index >= 15 is 0 Å². The SMILES string of the molecule is Cn1cc(CCC(=O)N2CC[C@H](Oc3cccnc3N3CCCC3)C2)cn1. The maximum atomic E-state index is 12.5. The van der Waals surface area contributed by atoms with Gasteiger partial charge >= 0.3 is 0 Å². The van der Waals surface area contributed by atoms with Crippen molar-refractivity contribution in [2.75, 3.05) is 31.1 Å². The van der Waals surface area contributed by atoms with E-state index in [1.165, 1.54) is 12.8 Å². The predicted molar refractivity (Wildman–Crippen MR) is 103 cm³/mol. The highest BCUT2D eigenvalue weighted by molar-refractivity contribution is 5.76. The molecule has 144 valence electrons. The Bertz CT molecular complexity index is 784. The van der Waals surface area contributed by atoms with Gasteiger partial charge in [-0.1, -0.05) is 0 Å². The number of aromatic nitrogens is 3. The molecule has 0 unspecified atom stereocenters. The molecule has 2 aliphatic heterocycles. The number of ether oxygens (including phenoxy) is 1. The Kier molecular flexibility index (Phi) is 5.27. The number of aryl methyl sites for hydroxylation is 2. The van der Waals surface area contributed by atoms with Crippen molar-refractivity contribution in [3.63, 3.8) is 0 Å². The summed E-state index contributed by atoms with van der Waals surface area (Å²) in [5.41, 5.74) is 1.10. The normalized spacial score (nSPS) is 19.7. The van der Waals surface area contributed by atoms with Crippen LogP contribution in [0.3, 0.4) is 0 Å². The van der Waals surface area contributed by atoms with E-state index in [0.29, 0.717) is 13.0 Å². The molecule has 0 aliphatic carbocycles. The second-order valence-corrected chi connectivity index (χ2v) is 7.41. The van der Waals surface area contributed by atoms with E-state index in [-0.39, 0.29) is 12.0 Å². The highest BCUT2D eigenvalue weighted by Crippen LogP contribution is 2.30. The number of carbonyl (C=O) groups excluding carboxylic acids is 1. The van der Waals surface area contributed by atoms with E-state index in [2.05, 4.69) is 15.0 Å². The average molecular weight is 369 g/mol. The second kappa shape index (κ2) is 7.98. The summed E-state index contributed by atoms with van der Waals surface area (Å²) in [5, 5.41) is 4.15. The second-order valence-electron chi connectivity index (χ2n) is 7.41. The summed E-state index contributed by atoms with van der Waals surface area (Å²) < 4.78 is 8.02. The fraction of sp³-hybridized carbons (Fsp3) is 0.550. The zero-order valence-corrected chi connectivity index (χ0v) is 15.9. The number of amides is 1. The van der Waals surface area contributed by atoms with Crippen LogP contribution >= 0.6 is 0 Å². The first-order chi connectivity index (χ1) is 13.2. The zero-order valence-electron chi connectivity index (χ0n) is 15.9. The van der Waals surface area contributed by atoms with Crippen molar-refractivity contribution in [1.29, 1.82) is 0 Å². The third-order valence-electron chi connectivity index (χ3n) is 5.33. The van der Waals surface area contributed by atoms with Crippen LogP contribution in [0.2, 0.25) is 0 Å². The quantitative estimate of drug-likeness (QED) is 0.780. The van der Waals surface area contributed by atoms with Gasteiger partial charge in [0.05, 0.1) is 12.7 Å². The molecule has 2 saturated heterocycles. The van der Waals surface area contributed by atoms with Gasteiger partial charge in [-0.05, 0) is 37.0 Å². The molecule has 1 amide bonds. The number of likely N-dealkylation sites (tertiary alicyclic amines) is 1. The summed E-state index contributed by atoms with van der Waals surface area (Å²) in [6.45, 7) is 3.49. The van der Waals surface area contributed by atoms with E-state index in [9.17, 15) is 4.79 Å². The first kappa shape index (κ1) is 17.8. The zero-order chi connectivity index (χ0) is 18.6. The van der Waals surface area contributed by atoms with Gasteiger partial charge in [-0.3, -0.25) is 9.48 Å². The van der Waals surface area contributed by atoms with Crippen LogP contribution in [0, 0.1) is 0 Å². The highest BCUT2D eigenvalue weighted by atomic mass is 16.5. The fourth-order valence-corrected chi connectivity index (χ4v) is 3.88. The monoisotopic (exact) mass is 369 g/mol. The fourth-order valence-electron chi connectivity index (χ4n) is 3.88. The van der Waals surface area contributed by atoms with Crippen LogP contribution in [0.25, 0.3) is 0 Å². The number of rotatable bonds is 6. The summed E-state index contributed by atoms with van der Waals surface area (Å²) >= 11 is 0. The molecule has 2 aromatic rings. The van der Waals surface area contributed by atoms with E-state index in [1.54, 1.807) is 4.68 Å². The summed E-state index contributed by atoms with van der Waals surface area (Å²) in [7, 11) is 1.89. The van der Waals surface area contributed by atoms with Crippen molar-refractivity contribution in [2.24, 2.45) is 7.05 Å². The van der Waals surface area contributed by atoms with E-state index in [0.717, 1.165) is 49.6 Å². The van der Waals surface area contributed by atoms with Gasteiger partial charge in [0.1, 0.15) is 6.10 Å². The molecule has 0 bridgehead atoms. The van der Waals surface area contributed by atoms with Crippen molar-refractivity contribution in [2.45, 2.75) is 38.2 Å². The van der Waals surface area contributed by atoms with Crippen molar-refractivity contribution in [3.05, 3.63) is 36.3 Å². The Hall–Kier alpha value is -2.57. The lowest BCUT2D eigenvalue weighted by Crippen LogP contribution is -2.31. The third-order valence-corrected chi connectivity index (χ3v) is 5.33. The van der Waals surface area contributed by atoms with E-state index in [4.69, 9.17) is 4.74 Å². The Morgan fingerprint density at radius 2 is 2.15 bits per heavy atom. The molecule has 4 heterocycles. The molecule has 4 rings (SSSR count). The van der Waals surface area contributed by atoms with Gasteiger partial charge < -0.3 is 14.5 Å². The number of anilines is 1. The van der Waals surface area contributed by atoms with Crippen molar-refractivity contribution in [3.8, 4) is 5.75 Å². The van der Waals surface area contributed by atoms with Gasteiger partial charge in [-0.25, -0.2) is 4.98 Å². The first-order valence-electron chi connectivity index (χ1n) is 9.81.